The van der Waals surface area contributed by atoms with Crippen LogP contribution in [0.5, 0.6) is 0 Å². The van der Waals surface area contributed by atoms with Gasteiger partial charge in [-0.2, -0.15) is 5.21 Å². The van der Waals surface area contributed by atoms with Gasteiger partial charge in [0.15, 0.2) is 5.82 Å². The summed E-state index contributed by atoms with van der Waals surface area (Å²) in [5, 5.41) is 16.3. The zero-order valence-electron chi connectivity index (χ0n) is 9.81. The Balaban J connectivity index is 2.09. The molecule has 7 heteroatoms. The highest BCUT2D eigenvalue weighted by molar-refractivity contribution is 7.12. The number of tetrazole rings is 1. The van der Waals surface area contributed by atoms with Gasteiger partial charge in [-0.05, 0) is 26.8 Å². The van der Waals surface area contributed by atoms with Crippen LogP contribution in [-0.4, -0.2) is 26.5 Å². The first-order valence-corrected chi connectivity index (χ1v) is 6.01. The maximum atomic E-state index is 12.0. The summed E-state index contributed by atoms with van der Waals surface area (Å²) in [6.45, 7) is 5.74. The van der Waals surface area contributed by atoms with E-state index >= 15 is 0 Å². The summed E-state index contributed by atoms with van der Waals surface area (Å²) in [5.41, 5.74) is 0.711. The number of aromatic nitrogens is 4. The van der Waals surface area contributed by atoms with E-state index in [-0.39, 0.29) is 11.9 Å². The zero-order chi connectivity index (χ0) is 12.4. The van der Waals surface area contributed by atoms with Crippen molar-refractivity contribution in [3.8, 4) is 0 Å². The minimum absolute atomic E-state index is 0.107. The molecule has 0 fully saturated rings. The van der Waals surface area contributed by atoms with Crippen molar-refractivity contribution in [1.29, 1.82) is 0 Å². The molecule has 0 bridgehead atoms. The molecule has 2 heterocycles. The van der Waals surface area contributed by atoms with E-state index in [2.05, 4.69) is 25.9 Å². The van der Waals surface area contributed by atoms with E-state index in [1.165, 1.54) is 0 Å². The van der Waals surface area contributed by atoms with Crippen LogP contribution in [0.15, 0.2) is 6.07 Å². The maximum absolute atomic E-state index is 12.0. The Morgan fingerprint density at radius 1 is 1.53 bits per heavy atom. The fourth-order valence-electron chi connectivity index (χ4n) is 1.55. The van der Waals surface area contributed by atoms with Crippen LogP contribution in [0.4, 0.5) is 0 Å². The summed E-state index contributed by atoms with van der Waals surface area (Å²) in [6, 6.07) is 1.62. The molecule has 0 aliphatic rings. The van der Waals surface area contributed by atoms with Gasteiger partial charge in [0.1, 0.15) is 0 Å². The van der Waals surface area contributed by atoms with Gasteiger partial charge < -0.3 is 5.32 Å². The third kappa shape index (κ3) is 2.50. The molecule has 2 aromatic rings. The van der Waals surface area contributed by atoms with E-state index < -0.39 is 0 Å². The Kier molecular flexibility index (Phi) is 3.19. The molecular weight excluding hydrogens is 238 g/mol. The van der Waals surface area contributed by atoms with Crippen LogP contribution in [0.25, 0.3) is 0 Å². The summed E-state index contributed by atoms with van der Waals surface area (Å²) in [4.78, 5) is 14.1. The molecule has 1 unspecified atom stereocenters. The second kappa shape index (κ2) is 4.62. The lowest BCUT2D eigenvalue weighted by molar-refractivity contribution is 0.0938. The van der Waals surface area contributed by atoms with E-state index in [1.54, 1.807) is 11.3 Å². The zero-order valence-corrected chi connectivity index (χ0v) is 10.6. The largest absolute Gasteiger partial charge is 0.342 e. The number of hydrogen-bond acceptors (Lipinski definition) is 5. The average molecular weight is 251 g/mol. The van der Waals surface area contributed by atoms with Crippen LogP contribution in [0.3, 0.4) is 0 Å². The molecule has 1 atom stereocenters. The van der Waals surface area contributed by atoms with Gasteiger partial charge in [0.05, 0.1) is 11.6 Å². The lowest BCUT2D eigenvalue weighted by Gasteiger charge is -2.09. The Morgan fingerprint density at radius 3 is 2.82 bits per heavy atom. The number of thiophene rings is 1. The fraction of sp³-hybridized carbons (Fsp3) is 0.400. The Hall–Kier alpha value is -1.76. The van der Waals surface area contributed by atoms with Crippen LogP contribution in [-0.2, 0) is 0 Å². The Labute approximate surface area is 102 Å². The van der Waals surface area contributed by atoms with E-state index in [1.807, 2.05) is 26.8 Å². The number of carbonyl (C=O) groups excluding carboxylic acids is 1. The van der Waals surface area contributed by atoms with Gasteiger partial charge in [-0.25, -0.2) is 0 Å². The molecule has 0 saturated carbocycles. The van der Waals surface area contributed by atoms with E-state index in [0.717, 1.165) is 9.75 Å². The van der Waals surface area contributed by atoms with Crippen LogP contribution in [0.2, 0.25) is 0 Å². The Bertz CT molecular complexity index is 519. The van der Waals surface area contributed by atoms with Gasteiger partial charge in [-0.3, -0.25) is 4.79 Å². The van der Waals surface area contributed by atoms with Crippen molar-refractivity contribution in [2.75, 3.05) is 0 Å². The van der Waals surface area contributed by atoms with Crippen molar-refractivity contribution in [3.05, 3.63) is 27.2 Å². The number of amides is 1. The highest BCUT2D eigenvalue weighted by atomic mass is 32.1. The maximum Gasteiger partial charge on any atom is 0.252 e. The van der Waals surface area contributed by atoms with Crippen molar-refractivity contribution in [2.45, 2.75) is 26.8 Å². The normalized spacial score (nSPS) is 12.4. The number of aromatic amines is 1. The van der Waals surface area contributed by atoms with Crippen LogP contribution in [0, 0.1) is 13.8 Å². The first-order valence-electron chi connectivity index (χ1n) is 5.19. The molecule has 2 rings (SSSR count). The van der Waals surface area contributed by atoms with Crippen molar-refractivity contribution in [1.82, 2.24) is 25.9 Å². The SMILES string of the molecule is Cc1cc(C(=O)NC(C)c2nn[nH]n2)c(C)s1. The molecule has 0 aliphatic heterocycles. The van der Waals surface area contributed by atoms with E-state index in [0.29, 0.717) is 11.4 Å². The smallest absolute Gasteiger partial charge is 0.252 e. The van der Waals surface area contributed by atoms with Gasteiger partial charge in [-0.15, -0.1) is 21.5 Å². The lowest BCUT2D eigenvalue weighted by Crippen LogP contribution is -2.27. The van der Waals surface area contributed by atoms with Crippen LogP contribution < -0.4 is 5.32 Å². The number of H-pyrrole nitrogens is 1. The molecule has 0 radical (unpaired) electrons. The molecule has 17 heavy (non-hydrogen) atoms. The number of nitrogens with zero attached hydrogens (tertiary/aromatic N) is 3. The molecule has 0 aliphatic carbocycles. The highest BCUT2D eigenvalue weighted by Gasteiger charge is 2.17. The minimum atomic E-state index is -0.263. The third-order valence-electron chi connectivity index (χ3n) is 2.38. The predicted octanol–water partition coefficient (Wildman–Crippen LogP) is 1.37. The van der Waals surface area contributed by atoms with Crippen LogP contribution >= 0.6 is 11.3 Å². The monoisotopic (exact) mass is 251 g/mol. The van der Waals surface area contributed by atoms with E-state index in [9.17, 15) is 4.79 Å². The van der Waals surface area contributed by atoms with Gasteiger partial charge in [0.25, 0.3) is 5.91 Å². The first kappa shape index (κ1) is 11.7. The number of aryl methyl sites for hydroxylation is 2. The lowest BCUT2D eigenvalue weighted by atomic mass is 10.2. The van der Waals surface area contributed by atoms with Crippen LogP contribution in [0.1, 0.15) is 38.9 Å². The van der Waals surface area contributed by atoms with Gasteiger partial charge >= 0.3 is 0 Å². The molecule has 2 aromatic heterocycles. The van der Waals surface area contributed by atoms with Gasteiger partial charge in [0, 0.05) is 9.75 Å². The third-order valence-corrected chi connectivity index (χ3v) is 3.35. The van der Waals surface area contributed by atoms with Crippen molar-refractivity contribution < 1.29 is 4.79 Å². The van der Waals surface area contributed by atoms with Gasteiger partial charge in [0.2, 0.25) is 0 Å². The molecule has 90 valence electrons. The molecular formula is C10H13N5OS. The Morgan fingerprint density at radius 2 is 2.29 bits per heavy atom. The number of nitrogens with one attached hydrogen (secondary N) is 2. The predicted molar refractivity (Wildman–Crippen MR) is 63.9 cm³/mol. The summed E-state index contributed by atoms with van der Waals surface area (Å²) in [5.74, 6) is 0.368. The molecule has 6 nitrogen and oxygen atoms in total. The molecule has 0 saturated heterocycles. The molecule has 0 aromatic carbocycles. The van der Waals surface area contributed by atoms with Crippen molar-refractivity contribution >= 4 is 17.2 Å². The fourth-order valence-corrected chi connectivity index (χ4v) is 2.47. The average Bonchev–Trinajstić information content (AvgIpc) is 2.87. The van der Waals surface area contributed by atoms with E-state index in [4.69, 9.17) is 0 Å². The second-order valence-electron chi connectivity index (χ2n) is 3.79. The number of rotatable bonds is 3. The summed E-state index contributed by atoms with van der Waals surface area (Å²) in [6.07, 6.45) is 0. The highest BCUT2D eigenvalue weighted by Crippen LogP contribution is 2.21. The van der Waals surface area contributed by atoms with Gasteiger partial charge in [-0.1, -0.05) is 5.21 Å². The quantitative estimate of drug-likeness (QED) is 0.863. The summed E-state index contributed by atoms with van der Waals surface area (Å²) in [7, 11) is 0. The first-order chi connectivity index (χ1) is 8.08. The minimum Gasteiger partial charge on any atom is -0.342 e. The standard InChI is InChI=1S/C10H13N5OS/c1-5-4-8(7(3)17-5)10(16)11-6(2)9-12-14-15-13-9/h4,6H,1-3H3,(H,11,16)(H,12,13,14,15). The number of carbonyl (C=O) groups is 1. The second-order valence-corrected chi connectivity index (χ2v) is 5.25. The molecule has 2 N–H and O–H groups in total. The van der Waals surface area contributed by atoms with Crippen molar-refractivity contribution in [3.63, 3.8) is 0 Å². The summed E-state index contributed by atoms with van der Waals surface area (Å²) < 4.78 is 0. The molecule has 1 amide bonds. The summed E-state index contributed by atoms with van der Waals surface area (Å²) >= 11 is 1.61. The van der Waals surface area contributed by atoms with Crippen molar-refractivity contribution in [2.24, 2.45) is 0 Å². The number of hydrogen-bond donors (Lipinski definition) is 2. The topological polar surface area (TPSA) is 83.6 Å². The molecule has 0 spiro atoms.